The van der Waals surface area contributed by atoms with Crippen LogP contribution in [0.5, 0.6) is 11.5 Å². The Labute approximate surface area is 124 Å². The molecule has 0 aliphatic carbocycles. The van der Waals surface area contributed by atoms with Crippen LogP contribution in [-0.2, 0) is 6.54 Å². The van der Waals surface area contributed by atoms with E-state index in [1.807, 2.05) is 38.1 Å². The standard InChI is InChI=1S/C16H20N2O3/c1-11-14(12(2)21-17-11)9-18(3)8-13-10-19-15-6-4-5-7-16(15)20-13/h4-7,13H,8-10H2,1-3H3/t13-/m1/s1. The molecule has 1 aliphatic rings. The molecule has 1 aromatic carbocycles. The second-order valence-electron chi connectivity index (χ2n) is 5.50. The summed E-state index contributed by atoms with van der Waals surface area (Å²) in [5, 5.41) is 3.99. The van der Waals surface area contributed by atoms with E-state index in [0.717, 1.165) is 41.6 Å². The first kappa shape index (κ1) is 13.9. The van der Waals surface area contributed by atoms with Gasteiger partial charge >= 0.3 is 0 Å². The third-order valence-electron chi connectivity index (χ3n) is 3.69. The lowest BCUT2D eigenvalue weighted by molar-refractivity contribution is 0.0637. The first-order valence-electron chi connectivity index (χ1n) is 7.12. The lowest BCUT2D eigenvalue weighted by Gasteiger charge is -2.29. The molecule has 0 N–H and O–H groups in total. The van der Waals surface area contributed by atoms with E-state index in [4.69, 9.17) is 14.0 Å². The second kappa shape index (κ2) is 5.77. The Balaban J connectivity index is 1.60. The van der Waals surface area contributed by atoms with Crippen LogP contribution in [-0.4, -0.2) is 36.4 Å². The molecule has 21 heavy (non-hydrogen) atoms. The van der Waals surface area contributed by atoms with Crippen molar-refractivity contribution in [3.05, 3.63) is 41.3 Å². The van der Waals surface area contributed by atoms with Gasteiger partial charge in [0, 0.05) is 18.7 Å². The minimum absolute atomic E-state index is 0.0328. The summed E-state index contributed by atoms with van der Waals surface area (Å²) in [5.41, 5.74) is 2.10. The van der Waals surface area contributed by atoms with Gasteiger partial charge in [0.1, 0.15) is 18.5 Å². The minimum Gasteiger partial charge on any atom is -0.486 e. The van der Waals surface area contributed by atoms with Crippen LogP contribution in [0, 0.1) is 13.8 Å². The maximum absolute atomic E-state index is 5.98. The number of nitrogens with zero attached hydrogens (tertiary/aromatic N) is 2. The number of likely N-dealkylation sites (N-methyl/N-ethyl adjacent to an activating group) is 1. The van der Waals surface area contributed by atoms with Crippen molar-refractivity contribution in [3.63, 3.8) is 0 Å². The molecule has 0 bridgehead atoms. The second-order valence-corrected chi connectivity index (χ2v) is 5.50. The number of aryl methyl sites for hydroxylation is 2. The molecule has 5 nitrogen and oxygen atoms in total. The predicted octanol–water partition coefficient (Wildman–Crippen LogP) is 2.56. The Kier molecular flexibility index (Phi) is 3.84. The fourth-order valence-electron chi connectivity index (χ4n) is 2.56. The zero-order valence-corrected chi connectivity index (χ0v) is 12.6. The molecule has 3 rings (SSSR count). The SMILES string of the molecule is Cc1noc(C)c1CN(C)C[C@@H]1COc2ccccc2O1. The first-order chi connectivity index (χ1) is 10.1. The zero-order chi connectivity index (χ0) is 14.8. The van der Waals surface area contributed by atoms with E-state index in [-0.39, 0.29) is 6.10 Å². The van der Waals surface area contributed by atoms with Gasteiger partial charge in [-0.05, 0) is 33.0 Å². The highest BCUT2D eigenvalue weighted by atomic mass is 16.6. The molecule has 0 spiro atoms. The number of benzene rings is 1. The van der Waals surface area contributed by atoms with E-state index in [2.05, 4.69) is 17.1 Å². The van der Waals surface area contributed by atoms with Crippen molar-refractivity contribution in [1.29, 1.82) is 0 Å². The molecule has 1 aliphatic heterocycles. The third-order valence-corrected chi connectivity index (χ3v) is 3.69. The fraction of sp³-hybridized carbons (Fsp3) is 0.438. The Bertz CT molecular complexity index is 604. The third kappa shape index (κ3) is 3.03. The van der Waals surface area contributed by atoms with Crippen molar-refractivity contribution >= 4 is 0 Å². The van der Waals surface area contributed by atoms with Crippen molar-refractivity contribution in [3.8, 4) is 11.5 Å². The van der Waals surface area contributed by atoms with Crippen molar-refractivity contribution < 1.29 is 14.0 Å². The molecule has 0 amide bonds. The average molecular weight is 288 g/mol. The van der Waals surface area contributed by atoms with Crippen LogP contribution < -0.4 is 9.47 Å². The summed E-state index contributed by atoms with van der Waals surface area (Å²) < 4.78 is 16.9. The number of hydrogen-bond donors (Lipinski definition) is 0. The largest absolute Gasteiger partial charge is 0.486 e. The number of rotatable bonds is 4. The molecule has 0 unspecified atom stereocenters. The van der Waals surface area contributed by atoms with Crippen molar-refractivity contribution in [1.82, 2.24) is 10.1 Å². The molecule has 0 saturated carbocycles. The van der Waals surface area contributed by atoms with Gasteiger partial charge in [0.2, 0.25) is 0 Å². The molecule has 0 fully saturated rings. The molecule has 1 atom stereocenters. The molecule has 112 valence electrons. The minimum atomic E-state index is 0.0328. The smallest absolute Gasteiger partial charge is 0.161 e. The van der Waals surface area contributed by atoms with Crippen LogP contribution in [0.15, 0.2) is 28.8 Å². The Morgan fingerprint density at radius 1 is 1.24 bits per heavy atom. The summed E-state index contributed by atoms with van der Waals surface area (Å²) in [7, 11) is 2.07. The number of aromatic nitrogens is 1. The number of hydrogen-bond acceptors (Lipinski definition) is 5. The summed E-state index contributed by atoms with van der Waals surface area (Å²) in [6.45, 7) is 6.07. The van der Waals surface area contributed by atoms with Crippen molar-refractivity contribution in [2.24, 2.45) is 0 Å². The van der Waals surface area contributed by atoms with Gasteiger partial charge in [-0.25, -0.2) is 0 Å². The first-order valence-corrected chi connectivity index (χ1v) is 7.12. The number of fused-ring (bicyclic) bond motifs is 1. The van der Waals surface area contributed by atoms with Crippen LogP contribution in [0.1, 0.15) is 17.0 Å². The van der Waals surface area contributed by atoms with Crippen molar-refractivity contribution in [2.75, 3.05) is 20.2 Å². The van der Waals surface area contributed by atoms with E-state index in [9.17, 15) is 0 Å². The van der Waals surface area contributed by atoms with Crippen LogP contribution in [0.3, 0.4) is 0 Å². The summed E-state index contributed by atoms with van der Waals surface area (Å²) in [5.74, 6) is 2.52. The van der Waals surface area contributed by atoms with E-state index in [1.165, 1.54) is 0 Å². The molecule has 5 heteroatoms. The van der Waals surface area contributed by atoms with Gasteiger partial charge in [-0.15, -0.1) is 0 Å². The van der Waals surface area contributed by atoms with Crippen LogP contribution in [0.2, 0.25) is 0 Å². The number of para-hydroxylation sites is 2. The summed E-state index contributed by atoms with van der Waals surface area (Å²) in [6, 6.07) is 7.78. The van der Waals surface area contributed by atoms with E-state index >= 15 is 0 Å². The highest BCUT2D eigenvalue weighted by molar-refractivity contribution is 5.40. The molecular weight excluding hydrogens is 268 g/mol. The van der Waals surface area contributed by atoms with Crippen molar-refractivity contribution in [2.45, 2.75) is 26.5 Å². The van der Waals surface area contributed by atoms with Gasteiger partial charge in [-0.2, -0.15) is 0 Å². The van der Waals surface area contributed by atoms with E-state index in [1.54, 1.807) is 0 Å². The molecule has 0 saturated heterocycles. The van der Waals surface area contributed by atoms with Crippen LogP contribution >= 0.6 is 0 Å². The lowest BCUT2D eigenvalue weighted by atomic mass is 10.2. The Morgan fingerprint density at radius 3 is 2.71 bits per heavy atom. The quantitative estimate of drug-likeness (QED) is 0.865. The summed E-state index contributed by atoms with van der Waals surface area (Å²) in [4.78, 5) is 2.20. The van der Waals surface area contributed by atoms with Crippen LogP contribution in [0.4, 0.5) is 0 Å². The summed E-state index contributed by atoms with van der Waals surface area (Å²) >= 11 is 0. The lowest BCUT2D eigenvalue weighted by Crippen LogP contribution is -2.39. The van der Waals surface area contributed by atoms with Gasteiger partial charge in [-0.3, -0.25) is 4.90 Å². The Hall–Kier alpha value is -2.01. The highest BCUT2D eigenvalue weighted by Crippen LogP contribution is 2.31. The maximum Gasteiger partial charge on any atom is 0.161 e. The predicted molar refractivity (Wildman–Crippen MR) is 78.7 cm³/mol. The molecule has 2 heterocycles. The highest BCUT2D eigenvalue weighted by Gasteiger charge is 2.22. The topological polar surface area (TPSA) is 47.7 Å². The number of ether oxygens (including phenoxy) is 2. The van der Waals surface area contributed by atoms with Gasteiger partial charge in [0.25, 0.3) is 0 Å². The average Bonchev–Trinajstić information content (AvgIpc) is 2.79. The van der Waals surface area contributed by atoms with E-state index < -0.39 is 0 Å². The van der Waals surface area contributed by atoms with Gasteiger partial charge in [0.05, 0.1) is 5.69 Å². The molecule has 2 aromatic rings. The van der Waals surface area contributed by atoms with Gasteiger partial charge < -0.3 is 14.0 Å². The zero-order valence-electron chi connectivity index (χ0n) is 12.6. The monoisotopic (exact) mass is 288 g/mol. The molecule has 0 radical (unpaired) electrons. The normalized spacial score (nSPS) is 17.2. The Morgan fingerprint density at radius 2 is 2.00 bits per heavy atom. The fourth-order valence-corrected chi connectivity index (χ4v) is 2.56. The van der Waals surface area contributed by atoms with Gasteiger partial charge in [-0.1, -0.05) is 17.3 Å². The molecule has 1 aromatic heterocycles. The molecular formula is C16H20N2O3. The maximum atomic E-state index is 5.98. The van der Waals surface area contributed by atoms with Gasteiger partial charge in [0.15, 0.2) is 11.5 Å². The van der Waals surface area contributed by atoms with Crippen LogP contribution in [0.25, 0.3) is 0 Å². The summed E-state index contributed by atoms with van der Waals surface area (Å²) in [6.07, 6.45) is 0.0328. The van der Waals surface area contributed by atoms with E-state index in [0.29, 0.717) is 6.61 Å².